The largest absolute Gasteiger partial charge is 0.346 e. The molecular weight excluding hydrogens is 350 g/mol. The molecule has 4 nitrogen and oxygen atoms in total. The molecule has 1 saturated heterocycles. The van der Waals surface area contributed by atoms with E-state index in [1.54, 1.807) is 11.3 Å². The maximum Gasteiger partial charge on any atom is 0.271 e. The van der Waals surface area contributed by atoms with Crippen LogP contribution in [0.25, 0.3) is 9.88 Å². The minimum atomic E-state index is -0.0831. The van der Waals surface area contributed by atoms with Gasteiger partial charge in [-0.3, -0.25) is 4.79 Å². The summed E-state index contributed by atoms with van der Waals surface area (Å²) in [5, 5.41) is 7.98. The van der Waals surface area contributed by atoms with Crippen LogP contribution in [0.2, 0.25) is 0 Å². The van der Waals surface area contributed by atoms with Crippen LogP contribution >= 0.6 is 22.7 Å². The van der Waals surface area contributed by atoms with Gasteiger partial charge in [-0.25, -0.2) is 4.98 Å². The number of hydrogen-bond donors (Lipinski definition) is 1. The summed E-state index contributed by atoms with van der Waals surface area (Å²) in [4.78, 5) is 20.6. The Balaban J connectivity index is 1.50. The van der Waals surface area contributed by atoms with E-state index < -0.39 is 0 Å². The number of nitrogens with one attached hydrogen (secondary N) is 1. The van der Waals surface area contributed by atoms with Gasteiger partial charge in [-0.15, -0.1) is 22.7 Å². The lowest BCUT2D eigenvalue weighted by atomic mass is 9.94. The fraction of sp³-hybridized carbons (Fsp3) is 0.263. The molecule has 1 aliphatic rings. The second-order valence-corrected chi connectivity index (χ2v) is 8.14. The van der Waals surface area contributed by atoms with E-state index in [0.717, 1.165) is 23.0 Å². The molecule has 0 saturated carbocycles. The molecule has 3 heterocycles. The smallest absolute Gasteiger partial charge is 0.271 e. The Bertz CT molecular complexity index is 845. The summed E-state index contributed by atoms with van der Waals surface area (Å²) in [6.07, 6.45) is 0. The first kappa shape index (κ1) is 16.4. The van der Waals surface area contributed by atoms with Crippen LogP contribution in [0.15, 0.2) is 53.2 Å². The van der Waals surface area contributed by atoms with Gasteiger partial charge in [0.05, 0.1) is 4.88 Å². The highest BCUT2D eigenvalue weighted by molar-refractivity contribution is 7.20. The molecule has 0 bridgehead atoms. The van der Waals surface area contributed by atoms with Crippen LogP contribution in [0.5, 0.6) is 0 Å². The molecule has 1 fully saturated rings. The third kappa shape index (κ3) is 3.51. The number of carbonyl (C=O) groups excluding carboxylic acids is 1. The van der Waals surface area contributed by atoms with Crippen molar-refractivity contribution in [3.63, 3.8) is 0 Å². The zero-order valence-corrected chi connectivity index (χ0v) is 15.5. The van der Waals surface area contributed by atoms with Gasteiger partial charge in [0.25, 0.3) is 5.91 Å². The topological polar surface area (TPSA) is 45.2 Å². The first-order valence-electron chi connectivity index (χ1n) is 8.24. The van der Waals surface area contributed by atoms with Crippen LogP contribution < -0.4 is 5.32 Å². The van der Waals surface area contributed by atoms with Crippen molar-refractivity contribution in [1.29, 1.82) is 0 Å². The third-order valence-electron chi connectivity index (χ3n) is 4.52. The first-order chi connectivity index (χ1) is 12.2. The molecule has 4 rings (SSSR count). The molecule has 2 aromatic heterocycles. The van der Waals surface area contributed by atoms with Crippen molar-refractivity contribution in [2.75, 3.05) is 20.1 Å². The summed E-state index contributed by atoms with van der Waals surface area (Å²) < 4.78 is 0. The summed E-state index contributed by atoms with van der Waals surface area (Å²) in [5.41, 5.74) is 1.78. The van der Waals surface area contributed by atoms with E-state index >= 15 is 0 Å². The molecule has 25 heavy (non-hydrogen) atoms. The molecule has 0 unspecified atom stereocenters. The van der Waals surface area contributed by atoms with Crippen LogP contribution in [-0.2, 0) is 0 Å². The monoisotopic (exact) mass is 369 g/mol. The summed E-state index contributed by atoms with van der Waals surface area (Å²) in [7, 11) is 2.10. The van der Waals surface area contributed by atoms with Gasteiger partial charge in [-0.1, -0.05) is 36.4 Å². The Morgan fingerprint density at radius 2 is 2.00 bits per heavy atom. The molecule has 1 aliphatic heterocycles. The normalized spacial score (nSPS) is 20.7. The van der Waals surface area contributed by atoms with Crippen molar-refractivity contribution in [2.45, 2.75) is 12.0 Å². The molecule has 3 aromatic rings. The van der Waals surface area contributed by atoms with Gasteiger partial charge < -0.3 is 10.2 Å². The number of likely N-dealkylation sites (N-methyl/N-ethyl adjacent to an activating group) is 1. The minimum Gasteiger partial charge on any atom is -0.346 e. The highest BCUT2D eigenvalue weighted by Gasteiger charge is 2.33. The third-order valence-corrected chi connectivity index (χ3v) is 6.40. The lowest BCUT2D eigenvalue weighted by molar-refractivity contribution is 0.0931. The Hall–Kier alpha value is -2.02. The molecule has 2 atom stereocenters. The summed E-state index contributed by atoms with van der Waals surface area (Å²) in [6, 6.07) is 14.5. The van der Waals surface area contributed by atoms with Gasteiger partial charge in [0.15, 0.2) is 0 Å². The molecular formula is C19H19N3OS2. The maximum absolute atomic E-state index is 12.7. The molecule has 1 amide bonds. The SMILES string of the molecule is CN1C[C@H](c2ccccc2)[C@H](NC(=O)c2csc(-c3cccs3)n2)C1. The van der Waals surface area contributed by atoms with Crippen molar-refractivity contribution >= 4 is 28.6 Å². The van der Waals surface area contributed by atoms with Crippen LogP contribution in [0, 0.1) is 0 Å². The molecule has 0 spiro atoms. The highest BCUT2D eigenvalue weighted by atomic mass is 32.1. The number of rotatable bonds is 4. The summed E-state index contributed by atoms with van der Waals surface area (Å²) in [6.45, 7) is 1.81. The van der Waals surface area contributed by atoms with Crippen LogP contribution in [0.4, 0.5) is 0 Å². The zero-order chi connectivity index (χ0) is 17.2. The fourth-order valence-electron chi connectivity index (χ4n) is 3.32. The maximum atomic E-state index is 12.7. The Morgan fingerprint density at radius 3 is 2.76 bits per heavy atom. The van der Waals surface area contributed by atoms with Crippen LogP contribution in [0.1, 0.15) is 22.0 Å². The van der Waals surface area contributed by atoms with Gasteiger partial charge in [0, 0.05) is 30.4 Å². The Morgan fingerprint density at radius 1 is 1.16 bits per heavy atom. The van der Waals surface area contributed by atoms with E-state index in [1.165, 1.54) is 16.9 Å². The van der Waals surface area contributed by atoms with Gasteiger partial charge in [-0.2, -0.15) is 0 Å². The van der Waals surface area contributed by atoms with Crippen molar-refractivity contribution in [3.05, 3.63) is 64.5 Å². The van der Waals surface area contributed by atoms with Crippen molar-refractivity contribution in [3.8, 4) is 9.88 Å². The minimum absolute atomic E-state index is 0.0831. The van der Waals surface area contributed by atoms with Gasteiger partial charge >= 0.3 is 0 Å². The lowest BCUT2D eigenvalue weighted by Crippen LogP contribution is -2.39. The van der Waals surface area contributed by atoms with Crippen molar-refractivity contribution in [2.24, 2.45) is 0 Å². The molecule has 6 heteroatoms. The number of aromatic nitrogens is 1. The zero-order valence-electron chi connectivity index (χ0n) is 13.9. The number of likely N-dealkylation sites (tertiary alicyclic amines) is 1. The predicted octanol–water partition coefficient (Wildman–Crippen LogP) is 3.70. The quantitative estimate of drug-likeness (QED) is 0.763. The Labute approximate surface area is 155 Å². The fourth-order valence-corrected chi connectivity index (χ4v) is 4.93. The van der Waals surface area contributed by atoms with E-state index in [9.17, 15) is 4.79 Å². The molecule has 128 valence electrons. The second-order valence-electron chi connectivity index (χ2n) is 6.33. The number of nitrogens with zero attached hydrogens (tertiary/aromatic N) is 2. The number of thiazole rings is 1. The lowest BCUT2D eigenvalue weighted by Gasteiger charge is -2.19. The summed E-state index contributed by atoms with van der Waals surface area (Å²) >= 11 is 3.16. The van der Waals surface area contributed by atoms with E-state index in [2.05, 4.69) is 46.5 Å². The average Bonchev–Trinajstić information content (AvgIpc) is 3.36. The van der Waals surface area contributed by atoms with Crippen LogP contribution in [0.3, 0.4) is 0 Å². The van der Waals surface area contributed by atoms with Crippen LogP contribution in [-0.4, -0.2) is 42.0 Å². The van der Waals surface area contributed by atoms with Crippen molar-refractivity contribution < 1.29 is 4.79 Å². The van der Waals surface area contributed by atoms with Gasteiger partial charge in [0.2, 0.25) is 0 Å². The number of carbonyl (C=O) groups is 1. The van der Waals surface area contributed by atoms with Gasteiger partial charge in [0.1, 0.15) is 10.7 Å². The van der Waals surface area contributed by atoms with E-state index in [0.29, 0.717) is 11.6 Å². The Kier molecular flexibility index (Phi) is 4.65. The summed E-state index contributed by atoms with van der Waals surface area (Å²) in [5.74, 6) is 0.228. The molecule has 0 aliphatic carbocycles. The predicted molar refractivity (Wildman–Crippen MR) is 103 cm³/mol. The molecule has 0 radical (unpaired) electrons. The first-order valence-corrected chi connectivity index (χ1v) is 10.0. The van der Waals surface area contributed by atoms with Crippen molar-refractivity contribution in [1.82, 2.24) is 15.2 Å². The van der Waals surface area contributed by atoms with E-state index in [4.69, 9.17) is 0 Å². The molecule has 1 N–H and O–H groups in total. The number of hydrogen-bond acceptors (Lipinski definition) is 5. The molecule has 1 aromatic carbocycles. The van der Waals surface area contributed by atoms with E-state index in [-0.39, 0.29) is 11.9 Å². The standard InChI is InChI=1S/C19H19N3OS2/c1-22-10-14(13-6-3-2-4-7-13)15(11-22)20-18(23)16-12-25-19(21-16)17-8-5-9-24-17/h2-9,12,14-15H,10-11H2,1H3,(H,20,23)/t14-,15-/m1/s1. The highest BCUT2D eigenvalue weighted by Crippen LogP contribution is 2.29. The number of thiophene rings is 1. The van der Waals surface area contributed by atoms with Gasteiger partial charge in [-0.05, 0) is 24.1 Å². The average molecular weight is 370 g/mol. The second kappa shape index (κ2) is 7.07. The number of amides is 1. The van der Waals surface area contributed by atoms with E-state index in [1.807, 2.05) is 29.0 Å². The number of benzene rings is 1.